The number of benzene rings is 3. The van der Waals surface area contributed by atoms with E-state index in [-0.39, 0.29) is 12.5 Å². The number of hydrogen-bond donors (Lipinski definition) is 0. The molecule has 7 heteroatoms. The lowest BCUT2D eigenvalue weighted by Crippen LogP contribution is -2.34. The molecule has 1 heterocycles. The third-order valence-corrected chi connectivity index (χ3v) is 5.73. The monoisotopic (exact) mass is 438 g/mol. The van der Waals surface area contributed by atoms with E-state index in [9.17, 15) is 4.79 Å². The third kappa shape index (κ3) is 4.72. The van der Waals surface area contributed by atoms with Crippen molar-refractivity contribution in [3.63, 3.8) is 0 Å². The molecular weight excluding hydrogens is 420 g/mol. The molecule has 0 unspecified atom stereocenters. The molecule has 0 aliphatic carbocycles. The summed E-state index contributed by atoms with van der Waals surface area (Å²) in [6.45, 7) is 0.283. The molecule has 1 amide bonds. The number of nitrogens with zero attached hydrogens (tertiary/aromatic N) is 2. The maximum Gasteiger partial charge on any atom is 0.267 e. The van der Waals surface area contributed by atoms with Gasteiger partial charge < -0.3 is 9.47 Å². The average Bonchev–Trinajstić information content (AvgIpc) is 3.19. The summed E-state index contributed by atoms with van der Waals surface area (Å²) >= 11 is 7.54. The summed E-state index contributed by atoms with van der Waals surface area (Å²) in [5.41, 5.74) is 1.81. The van der Waals surface area contributed by atoms with Crippen molar-refractivity contribution in [3.05, 3.63) is 83.4 Å². The highest BCUT2D eigenvalue weighted by molar-refractivity contribution is 7.22. The van der Waals surface area contributed by atoms with Crippen LogP contribution in [0.5, 0.6) is 11.5 Å². The first-order valence-corrected chi connectivity index (χ1v) is 10.5. The minimum Gasteiger partial charge on any atom is -0.497 e. The first-order chi connectivity index (χ1) is 14.6. The normalized spacial score (nSPS) is 10.7. The molecule has 0 N–H and O–H groups in total. The van der Waals surface area contributed by atoms with Crippen molar-refractivity contribution >= 4 is 44.2 Å². The van der Waals surface area contributed by atoms with Crippen molar-refractivity contribution in [1.29, 1.82) is 0 Å². The molecule has 3 aromatic carbocycles. The van der Waals surface area contributed by atoms with Gasteiger partial charge in [0, 0.05) is 11.1 Å². The van der Waals surface area contributed by atoms with Crippen LogP contribution in [0.4, 0.5) is 5.13 Å². The number of methoxy groups -OCH3 is 1. The fraction of sp³-hybridized carbons (Fsp3) is 0.130. The summed E-state index contributed by atoms with van der Waals surface area (Å²) in [7, 11) is 1.59. The molecular formula is C23H19ClN2O3S. The second-order valence-electron chi connectivity index (χ2n) is 6.54. The van der Waals surface area contributed by atoms with Crippen LogP contribution in [0.15, 0.2) is 72.8 Å². The Labute approximate surface area is 183 Å². The van der Waals surface area contributed by atoms with Gasteiger partial charge in [0.1, 0.15) is 11.5 Å². The van der Waals surface area contributed by atoms with E-state index in [1.54, 1.807) is 30.2 Å². The summed E-state index contributed by atoms with van der Waals surface area (Å²) in [4.78, 5) is 19.4. The molecule has 5 nitrogen and oxygen atoms in total. The highest BCUT2D eigenvalue weighted by atomic mass is 35.5. The Morgan fingerprint density at radius 2 is 1.83 bits per heavy atom. The molecule has 1 aromatic heterocycles. The van der Waals surface area contributed by atoms with Crippen molar-refractivity contribution in [1.82, 2.24) is 4.98 Å². The minimum atomic E-state index is -0.188. The highest BCUT2D eigenvalue weighted by Gasteiger charge is 2.21. The predicted octanol–water partition coefficient (Wildman–Crippen LogP) is 5.57. The van der Waals surface area contributed by atoms with E-state index in [1.165, 1.54) is 11.3 Å². The summed E-state index contributed by atoms with van der Waals surface area (Å²) < 4.78 is 11.9. The topological polar surface area (TPSA) is 51.7 Å². The third-order valence-electron chi connectivity index (χ3n) is 4.46. The van der Waals surface area contributed by atoms with Crippen molar-refractivity contribution in [2.75, 3.05) is 18.6 Å². The zero-order chi connectivity index (χ0) is 20.9. The van der Waals surface area contributed by atoms with E-state index in [0.29, 0.717) is 28.2 Å². The molecule has 0 radical (unpaired) electrons. The van der Waals surface area contributed by atoms with E-state index in [4.69, 9.17) is 21.1 Å². The largest absolute Gasteiger partial charge is 0.497 e. The van der Waals surface area contributed by atoms with Crippen LogP contribution >= 0.6 is 22.9 Å². The number of thiazole rings is 1. The molecule has 0 fully saturated rings. The number of carbonyl (C=O) groups excluding carboxylic acids is 1. The van der Waals surface area contributed by atoms with Gasteiger partial charge in [0.25, 0.3) is 5.91 Å². The van der Waals surface area contributed by atoms with Crippen LogP contribution in [0.3, 0.4) is 0 Å². The molecule has 0 saturated carbocycles. The van der Waals surface area contributed by atoms with Crippen molar-refractivity contribution in [2.24, 2.45) is 0 Å². The van der Waals surface area contributed by atoms with E-state index in [2.05, 4.69) is 4.98 Å². The van der Waals surface area contributed by atoms with Gasteiger partial charge >= 0.3 is 0 Å². The fourth-order valence-electron chi connectivity index (χ4n) is 2.94. The van der Waals surface area contributed by atoms with Gasteiger partial charge in [-0.3, -0.25) is 9.69 Å². The van der Waals surface area contributed by atoms with E-state index < -0.39 is 0 Å². The molecule has 0 saturated heterocycles. The maximum atomic E-state index is 13.1. The van der Waals surface area contributed by atoms with Crippen molar-refractivity contribution in [2.45, 2.75) is 6.54 Å². The van der Waals surface area contributed by atoms with Crippen LogP contribution in [-0.4, -0.2) is 24.6 Å². The predicted molar refractivity (Wildman–Crippen MR) is 121 cm³/mol. The smallest absolute Gasteiger partial charge is 0.267 e. The molecule has 4 aromatic rings. The van der Waals surface area contributed by atoms with Gasteiger partial charge in [-0.25, -0.2) is 4.98 Å². The van der Waals surface area contributed by atoms with Crippen LogP contribution in [0, 0.1) is 0 Å². The van der Waals surface area contributed by atoms with Gasteiger partial charge in [-0.1, -0.05) is 59.3 Å². The van der Waals surface area contributed by atoms with Crippen LogP contribution in [-0.2, 0) is 11.3 Å². The Kier molecular flexibility index (Phi) is 6.16. The summed E-state index contributed by atoms with van der Waals surface area (Å²) in [5, 5.41) is 1.25. The number of amides is 1. The summed E-state index contributed by atoms with van der Waals surface area (Å²) in [5.74, 6) is 1.05. The molecule has 0 spiro atoms. The second-order valence-corrected chi connectivity index (χ2v) is 7.99. The zero-order valence-corrected chi connectivity index (χ0v) is 17.8. The van der Waals surface area contributed by atoms with Gasteiger partial charge in [0.2, 0.25) is 0 Å². The van der Waals surface area contributed by atoms with Gasteiger partial charge in [-0.05, 0) is 35.9 Å². The molecule has 30 heavy (non-hydrogen) atoms. The Bertz CT molecular complexity index is 1160. The van der Waals surface area contributed by atoms with Crippen LogP contribution in [0.25, 0.3) is 10.2 Å². The van der Waals surface area contributed by atoms with Gasteiger partial charge in [0.05, 0.1) is 23.9 Å². The van der Waals surface area contributed by atoms with E-state index in [1.807, 2.05) is 54.6 Å². The molecule has 4 rings (SSSR count). The first kappa shape index (κ1) is 20.2. The van der Waals surface area contributed by atoms with Gasteiger partial charge in [0.15, 0.2) is 11.7 Å². The number of rotatable bonds is 7. The van der Waals surface area contributed by atoms with Crippen LogP contribution in [0.1, 0.15) is 5.56 Å². The van der Waals surface area contributed by atoms with Crippen molar-refractivity contribution < 1.29 is 14.3 Å². The van der Waals surface area contributed by atoms with Crippen LogP contribution in [0.2, 0.25) is 5.02 Å². The quantitative estimate of drug-likeness (QED) is 0.378. The van der Waals surface area contributed by atoms with E-state index >= 15 is 0 Å². The number of carbonyl (C=O) groups is 1. The second kappa shape index (κ2) is 9.15. The molecule has 0 atom stereocenters. The minimum absolute atomic E-state index is 0.114. The Morgan fingerprint density at radius 1 is 1.03 bits per heavy atom. The lowest BCUT2D eigenvalue weighted by atomic mass is 10.2. The Morgan fingerprint density at radius 3 is 2.63 bits per heavy atom. The number of fused-ring (bicyclic) bond motifs is 1. The lowest BCUT2D eigenvalue weighted by Gasteiger charge is -2.20. The highest BCUT2D eigenvalue weighted by Crippen LogP contribution is 2.32. The molecule has 0 aliphatic heterocycles. The number of anilines is 1. The molecule has 152 valence electrons. The molecule has 0 aliphatic rings. The number of aromatic nitrogens is 1. The fourth-order valence-corrected chi connectivity index (χ4v) is 4.20. The lowest BCUT2D eigenvalue weighted by molar-refractivity contribution is -0.120. The Balaban J connectivity index is 1.59. The SMILES string of the molecule is COc1cccc(OCC(=O)N(Cc2ccccc2)c2nc3ccc(Cl)cc3s2)c1. The maximum absolute atomic E-state index is 13.1. The summed E-state index contributed by atoms with van der Waals surface area (Å²) in [6, 6.07) is 22.5. The van der Waals surface area contributed by atoms with Crippen LogP contribution < -0.4 is 14.4 Å². The number of halogens is 1. The van der Waals surface area contributed by atoms with Crippen molar-refractivity contribution in [3.8, 4) is 11.5 Å². The molecule has 0 bridgehead atoms. The van der Waals surface area contributed by atoms with E-state index in [0.717, 1.165) is 15.8 Å². The Hall–Kier alpha value is -3.09. The standard InChI is InChI=1S/C23H19ClN2O3S/c1-28-18-8-5-9-19(13-18)29-15-22(27)26(14-16-6-3-2-4-7-16)23-25-20-11-10-17(24)12-21(20)30-23/h2-13H,14-15H2,1H3. The number of hydrogen-bond acceptors (Lipinski definition) is 5. The first-order valence-electron chi connectivity index (χ1n) is 9.29. The number of ether oxygens (including phenoxy) is 2. The zero-order valence-electron chi connectivity index (χ0n) is 16.2. The summed E-state index contributed by atoms with van der Waals surface area (Å²) in [6.07, 6.45) is 0. The van der Waals surface area contributed by atoms with Gasteiger partial charge in [-0.15, -0.1) is 0 Å². The van der Waals surface area contributed by atoms with Gasteiger partial charge in [-0.2, -0.15) is 0 Å². The average molecular weight is 439 g/mol.